The highest BCUT2D eigenvalue weighted by atomic mass is 35.5. The molecule has 0 bridgehead atoms. The molecule has 0 radical (unpaired) electrons. The molecule has 0 aliphatic rings. The van der Waals surface area contributed by atoms with Gasteiger partial charge in [0.1, 0.15) is 0 Å². The summed E-state index contributed by atoms with van der Waals surface area (Å²) in [6, 6.07) is 14.4. The summed E-state index contributed by atoms with van der Waals surface area (Å²) >= 11 is 11.7. The van der Waals surface area contributed by atoms with Crippen LogP contribution in [0.3, 0.4) is 0 Å². The molecule has 0 unspecified atom stereocenters. The van der Waals surface area contributed by atoms with Crippen LogP contribution in [0.1, 0.15) is 18.1 Å². The normalized spacial score (nSPS) is 10.3. The fraction of sp³-hybridized carbons (Fsp3) is 0.222. The zero-order valence-corrected chi connectivity index (χ0v) is 14.8. The van der Waals surface area contributed by atoms with Gasteiger partial charge >= 0.3 is 0 Å². The highest BCUT2D eigenvalue weighted by Gasteiger charge is 2.14. The Kier molecular flexibility index (Phi) is 6.64. The lowest BCUT2D eigenvalue weighted by atomic mass is 10.2. The van der Waals surface area contributed by atoms with E-state index in [1.807, 2.05) is 24.3 Å². The van der Waals surface area contributed by atoms with E-state index in [1.54, 1.807) is 24.3 Å². The zero-order chi connectivity index (χ0) is 17.5. The molecule has 0 aliphatic heterocycles. The molecule has 2 amide bonds. The molecule has 2 rings (SSSR count). The van der Waals surface area contributed by atoms with Crippen LogP contribution in [0.4, 0.5) is 0 Å². The van der Waals surface area contributed by atoms with Crippen molar-refractivity contribution < 1.29 is 9.59 Å². The van der Waals surface area contributed by atoms with Gasteiger partial charge in [-0.15, -0.1) is 0 Å². The van der Waals surface area contributed by atoms with Crippen LogP contribution in [-0.2, 0) is 22.7 Å². The second-order valence-electron chi connectivity index (χ2n) is 5.40. The summed E-state index contributed by atoms with van der Waals surface area (Å²) < 4.78 is 0. The quantitative estimate of drug-likeness (QED) is 0.850. The molecule has 0 saturated heterocycles. The fourth-order valence-electron chi connectivity index (χ4n) is 2.12. The topological polar surface area (TPSA) is 49.4 Å². The number of carbonyl (C=O) groups is 2. The molecule has 0 aliphatic carbocycles. The van der Waals surface area contributed by atoms with Gasteiger partial charge < -0.3 is 10.2 Å². The molecule has 4 nitrogen and oxygen atoms in total. The van der Waals surface area contributed by atoms with Gasteiger partial charge in [0.25, 0.3) is 0 Å². The minimum Gasteiger partial charge on any atom is -0.350 e. The Morgan fingerprint density at radius 3 is 1.92 bits per heavy atom. The first-order chi connectivity index (χ1) is 11.4. The highest BCUT2D eigenvalue weighted by Crippen LogP contribution is 2.12. The molecule has 6 heteroatoms. The molecule has 0 atom stereocenters. The van der Waals surface area contributed by atoms with E-state index in [-0.39, 0.29) is 18.4 Å². The Labute approximate surface area is 151 Å². The Morgan fingerprint density at radius 1 is 0.917 bits per heavy atom. The molecule has 0 aromatic heterocycles. The maximum absolute atomic E-state index is 12.1. The number of hydrogen-bond donors (Lipinski definition) is 1. The molecule has 2 aromatic carbocycles. The SMILES string of the molecule is CC(=O)N(CC(=O)NCc1ccc(Cl)cc1)Cc1ccc(Cl)cc1. The fourth-order valence-corrected chi connectivity index (χ4v) is 2.37. The van der Waals surface area contributed by atoms with Gasteiger partial charge in [-0.1, -0.05) is 47.5 Å². The van der Waals surface area contributed by atoms with Gasteiger partial charge in [0, 0.05) is 30.1 Å². The van der Waals surface area contributed by atoms with E-state index in [1.165, 1.54) is 11.8 Å². The second kappa shape index (κ2) is 8.71. The zero-order valence-electron chi connectivity index (χ0n) is 13.3. The smallest absolute Gasteiger partial charge is 0.239 e. The van der Waals surface area contributed by atoms with E-state index in [0.29, 0.717) is 23.1 Å². The molecule has 0 saturated carbocycles. The standard InChI is InChI=1S/C18H18Cl2N2O2/c1-13(23)22(11-15-4-8-17(20)9-5-15)12-18(24)21-10-14-2-6-16(19)7-3-14/h2-9H,10-12H2,1H3,(H,21,24). The van der Waals surface area contributed by atoms with Crippen LogP contribution in [0, 0.1) is 0 Å². The number of carbonyl (C=O) groups excluding carboxylic acids is 2. The van der Waals surface area contributed by atoms with Crippen molar-refractivity contribution in [3.8, 4) is 0 Å². The van der Waals surface area contributed by atoms with Gasteiger partial charge in [-0.05, 0) is 35.4 Å². The summed E-state index contributed by atoms with van der Waals surface area (Å²) in [5.74, 6) is -0.374. The van der Waals surface area contributed by atoms with Crippen LogP contribution >= 0.6 is 23.2 Å². The van der Waals surface area contributed by atoms with Crippen LogP contribution in [-0.4, -0.2) is 23.3 Å². The maximum atomic E-state index is 12.1. The van der Waals surface area contributed by atoms with E-state index in [4.69, 9.17) is 23.2 Å². The molecular formula is C18H18Cl2N2O2. The van der Waals surface area contributed by atoms with Crippen molar-refractivity contribution in [2.24, 2.45) is 0 Å². The number of benzene rings is 2. The average molecular weight is 365 g/mol. The molecule has 126 valence electrons. The van der Waals surface area contributed by atoms with Crippen molar-refractivity contribution in [1.29, 1.82) is 0 Å². The van der Waals surface area contributed by atoms with Crippen molar-refractivity contribution in [2.75, 3.05) is 6.54 Å². The third kappa shape index (κ3) is 5.87. The summed E-state index contributed by atoms with van der Waals surface area (Å²) in [6.07, 6.45) is 0. The second-order valence-corrected chi connectivity index (χ2v) is 6.28. The summed E-state index contributed by atoms with van der Waals surface area (Å²) in [4.78, 5) is 25.3. The van der Waals surface area contributed by atoms with Crippen LogP contribution < -0.4 is 5.32 Å². The third-order valence-electron chi connectivity index (χ3n) is 3.47. The lowest BCUT2D eigenvalue weighted by molar-refractivity contribution is -0.135. The summed E-state index contributed by atoms with van der Waals surface area (Å²) in [5.41, 5.74) is 1.86. The Morgan fingerprint density at radius 2 is 1.42 bits per heavy atom. The third-order valence-corrected chi connectivity index (χ3v) is 3.97. The van der Waals surface area contributed by atoms with Crippen molar-refractivity contribution in [2.45, 2.75) is 20.0 Å². The van der Waals surface area contributed by atoms with E-state index in [0.717, 1.165) is 11.1 Å². The van der Waals surface area contributed by atoms with E-state index in [9.17, 15) is 9.59 Å². The Hall–Kier alpha value is -2.04. The Bertz CT molecular complexity index is 700. The largest absolute Gasteiger partial charge is 0.350 e. The lowest BCUT2D eigenvalue weighted by Gasteiger charge is -2.20. The van der Waals surface area contributed by atoms with Crippen LogP contribution in [0.2, 0.25) is 10.0 Å². The number of rotatable bonds is 6. The minimum absolute atomic E-state index is 0.00551. The van der Waals surface area contributed by atoms with Crippen molar-refractivity contribution in [3.05, 3.63) is 69.7 Å². The van der Waals surface area contributed by atoms with Gasteiger partial charge in [0.05, 0.1) is 6.54 Å². The predicted molar refractivity (Wildman–Crippen MR) is 95.8 cm³/mol. The van der Waals surface area contributed by atoms with Crippen LogP contribution in [0.15, 0.2) is 48.5 Å². The lowest BCUT2D eigenvalue weighted by Crippen LogP contribution is -2.39. The number of hydrogen-bond acceptors (Lipinski definition) is 2. The average Bonchev–Trinajstić information content (AvgIpc) is 2.55. The van der Waals surface area contributed by atoms with Gasteiger partial charge in [-0.25, -0.2) is 0 Å². The molecule has 0 heterocycles. The molecule has 2 aromatic rings. The number of nitrogens with one attached hydrogen (secondary N) is 1. The van der Waals surface area contributed by atoms with Crippen LogP contribution in [0.25, 0.3) is 0 Å². The molecular weight excluding hydrogens is 347 g/mol. The minimum atomic E-state index is -0.214. The molecule has 0 fully saturated rings. The van der Waals surface area contributed by atoms with Gasteiger partial charge in [-0.2, -0.15) is 0 Å². The molecule has 24 heavy (non-hydrogen) atoms. The maximum Gasteiger partial charge on any atom is 0.239 e. The van der Waals surface area contributed by atoms with Crippen molar-refractivity contribution in [1.82, 2.24) is 10.2 Å². The monoisotopic (exact) mass is 364 g/mol. The summed E-state index contributed by atoms with van der Waals surface area (Å²) in [7, 11) is 0. The van der Waals surface area contributed by atoms with Crippen molar-refractivity contribution in [3.63, 3.8) is 0 Å². The number of amides is 2. The molecule has 0 spiro atoms. The summed E-state index contributed by atoms with van der Waals surface area (Å²) in [6.45, 7) is 2.21. The number of halogens is 2. The first-order valence-electron chi connectivity index (χ1n) is 7.45. The van der Waals surface area contributed by atoms with Gasteiger partial charge in [0.15, 0.2) is 0 Å². The first kappa shape index (κ1) is 18.3. The van der Waals surface area contributed by atoms with E-state index >= 15 is 0 Å². The van der Waals surface area contributed by atoms with Crippen molar-refractivity contribution >= 4 is 35.0 Å². The summed E-state index contributed by atoms with van der Waals surface area (Å²) in [5, 5.41) is 4.08. The Balaban J connectivity index is 1.89. The predicted octanol–water partition coefficient (Wildman–Crippen LogP) is 3.66. The molecule has 1 N–H and O–H groups in total. The number of nitrogens with zero attached hydrogens (tertiary/aromatic N) is 1. The van der Waals surface area contributed by atoms with Crippen LogP contribution in [0.5, 0.6) is 0 Å². The highest BCUT2D eigenvalue weighted by molar-refractivity contribution is 6.30. The first-order valence-corrected chi connectivity index (χ1v) is 8.21. The van der Waals surface area contributed by atoms with E-state index in [2.05, 4.69) is 5.32 Å². The van der Waals surface area contributed by atoms with Gasteiger partial charge in [-0.3, -0.25) is 9.59 Å². The van der Waals surface area contributed by atoms with Gasteiger partial charge in [0.2, 0.25) is 11.8 Å². The van der Waals surface area contributed by atoms with E-state index < -0.39 is 0 Å².